The minimum Gasteiger partial charge on any atom is -0.503 e. The second-order valence-corrected chi connectivity index (χ2v) is 6.65. The Morgan fingerprint density at radius 1 is 1.26 bits per heavy atom. The summed E-state index contributed by atoms with van der Waals surface area (Å²) in [7, 11) is 1.55. The van der Waals surface area contributed by atoms with Crippen LogP contribution in [0.25, 0.3) is 0 Å². The first-order valence-corrected chi connectivity index (χ1v) is 8.15. The van der Waals surface area contributed by atoms with Gasteiger partial charge in [-0.05, 0) is 62.2 Å². The maximum atomic E-state index is 9.95. The molecule has 2 rings (SSSR count). The van der Waals surface area contributed by atoms with Crippen LogP contribution in [0.4, 0.5) is 0 Å². The summed E-state index contributed by atoms with van der Waals surface area (Å²) in [5, 5.41) is 9.95. The number of hydrogen-bond donors (Lipinski definition) is 2. The highest BCUT2D eigenvalue weighted by atomic mass is 79.9. The van der Waals surface area contributed by atoms with Crippen molar-refractivity contribution in [2.75, 3.05) is 7.11 Å². The molecule has 3 N–H and O–H groups in total. The van der Waals surface area contributed by atoms with Gasteiger partial charge in [-0.1, -0.05) is 19.3 Å². The van der Waals surface area contributed by atoms with Gasteiger partial charge in [0.05, 0.1) is 11.6 Å². The zero-order valence-electron chi connectivity index (χ0n) is 11.0. The molecular formula is C14H19Br2NO2. The van der Waals surface area contributed by atoms with E-state index in [1.54, 1.807) is 7.11 Å². The molecule has 0 spiro atoms. The summed E-state index contributed by atoms with van der Waals surface area (Å²) < 4.78 is 6.63. The van der Waals surface area contributed by atoms with Crippen LogP contribution in [0.2, 0.25) is 0 Å². The van der Waals surface area contributed by atoms with Gasteiger partial charge >= 0.3 is 0 Å². The third-order valence-corrected chi connectivity index (χ3v) is 6.07. The molecule has 1 aromatic rings. The highest BCUT2D eigenvalue weighted by Crippen LogP contribution is 2.45. The summed E-state index contributed by atoms with van der Waals surface area (Å²) in [6.45, 7) is 0. The monoisotopic (exact) mass is 391 g/mol. The first-order chi connectivity index (χ1) is 9.06. The van der Waals surface area contributed by atoms with Crippen molar-refractivity contribution in [1.29, 1.82) is 0 Å². The molecule has 5 heteroatoms. The summed E-state index contributed by atoms with van der Waals surface area (Å²) >= 11 is 6.90. The SMILES string of the molecule is COc1cc([C@H](N)C2CCCCC2)c(Br)c(Br)c1O. The molecule has 0 bridgehead atoms. The van der Waals surface area contributed by atoms with Crippen LogP contribution in [0.15, 0.2) is 15.0 Å². The second kappa shape index (κ2) is 6.46. The van der Waals surface area contributed by atoms with E-state index in [-0.39, 0.29) is 11.8 Å². The zero-order chi connectivity index (χ0) is 14.0. The second-order valence-electron chi connectivity index (χ2n) is 5.07. The summed E-state index contributed by atoms with van der Waals surface area (Å²) in [5.41, 5.74) is 7.42. The minimum absolute atomic E-state index is 0.0273. The van der Waals surface area contributed by atoms with E-state index < -0.39 is 0 Å². The van der Waals surface area contributed by atoms with Crippen molar-refractivity contribution < 1.29 is 9.84 Å². The summed E-state index contributed by atoms with van der Waals surface area (Å²) in [4.78, 5) is 0. The van der Waals surface area contributed by atoms with Crippen molar-refractivity contribution in [2.45, 2.75) is 38.1 Å². The van der Waals surface area contributed by atoms with Crippen LogP contribution >= 0.6 is 31.9 Å². The first-order valence-electron chi connectivity index (χ1n) is 6.56. The number of ether oxygens (including phenoxy) is 1. The molecule has 1 aliphatic carbocycles. The number of phenols is 1. The normalized spacial score (nSPS) is 18.3. The number of rotatable bonds is 3. The van der Waals surface area contributed by atoms with Gasteiger partial charge in [-0.15, -0.1) is 0 Å². The van der Waals surface area contributed by atoms with E-state index >= 15 is 0 Å². The molecule has 1 saturated carbocycles. The Hall–Kier alpha value is -0.260. The Morgan fingerprint density at radius 2 is 1.89 bits per heavy atom. The van der Waals surface area contributed by atoms with Crippen LogP contribution in [0, 0.1) is 5.92 Å². The highest BCUT2D eigenvalue weighted by Gasteiger charge is 2.26. The largest absolute Gasteiger partial charge is 0.503 e. The molecule has 0 amide bonds. The molecule has 1 fully saturated rings. The molecule has 1 atom stereocenters. The van der Waals surface area contributed by atoms with Gasteiger partial charge in [-0.25, -0.2) is 0 Å². The minimum atomic E-state index is -0.0273. The lowest BCUT2D eigenvalue weighted by atomic mass is 9.81. The maximum Gasteiger partial charge on any atom is 0.173 e. The number of aromatic hydroxyl groups is 1. The third kappa shape index (κ3) is 3.09. The fourth-order valence-corrected chi connectivity index (χ4v) is 3.75. The number of halogens is 2. The van der Waals surface area contributed by atoms with Gasteiger partial charge in [0, 0.05) is 10.5 Å². The third-order valence-electron chi connectivity index (χ3n) is 3.91. The molecule has 106 valence electrons. The average Bonchev–Trinajstić information content (AvgIpc) is 2.45. The molecule has 1 aliphatic rings. The van der Waals surface area contributed by atoms with Gasteiger partial charge in [0.2, 0.25) is 0 Å². The molecule has 3 nitrogen and oxygen atoms in total. The van der Waals surface area contributed by atoms with Crippen molar-refractivity contribution in [1.82, 2.24) is 0 Å². The van der Waals surface area contributed by atoms with Crippen molar-refractivity contribution in [3.05, 3.63) is 20.6 Å². The van der Waals surface area contributed by atoms with E-state index in [1.807, 2.05) is 6.07 Å². The molecule has 1 aromatic carbocycles. The van der Waals surface area contributed by atoms with Crippen LogP contribution < -0.4 is 10.5 Å². The van der Waals surface area contributed by atoms with Gasteiger partial charge in [-0.2, -0.15) is 0 Å². The van der Waals surface area contributed by atoms with E-state index in [9.17, 15) is 5.11 Å². The fraction of sp³-hybridized carbons (Fsp3) is 0.571. The average molecular weight is 393 g/mol. The van der Waals surface area contributed by atoms with E-state index in [1.165, 1.54) is 32.1 Å². The van der Waals surface area contributed by atoms with Crippen molar-refractivity contribution in [3.8, 4) is 11.5 Å². The van der Waals surface area contributed by atoms with Crippen molar-refractivity contribution in [3.63, 3.8) is 0 Å². The van der Waals surface area contributed by atoms with E-state index in [4.69, 9.17) is 10.5 Å². The Morgan fingerprint density at radius 3 is 2.47 bits per heavy atom. The molecule has 0 heterocycles. The lowest BCUT2D eigenvalue weighted by Crippen LogP contribution is -2.24. The van der Waals surface area contributed by atoms with E-state index in [2.05, 4.69) is 31.9 Å². The molecule has 0 unspecified atom stereocenters. The van der Waals surface area contributed by atoms with Crippen LogP contribution in [0.5, 0.6) is 11.5 Å². The van der Waals surface area contributed by atoms with Gasteiger partial charge in [-0.3, -0.25) is 0 Å². The smallest absolute Gasteiger partial charge is 0.173 e. The molecule has 0 saturated heterocycles. The quantitative estimate of drug-likeness (QED) is 0.795. The Bertz CT molecular complexity index is 459. The number of nitrogens with two attached hydrogens (primary N) is 1. The van der Waals surface area contributed by atoms with Gasteiger partial charge in [0.15, 0.2) is 11.5 Å². The van der Waals surface area contributed by atoms with Crippen molar-refractivity contribution in [2.24, 2.45) is 11.7 Å². The Balaban J connectivity index is 2.35. The standard InChI is InChI=1S/C14H19Br2NO2/c1-19-10-7-9(11(15)12(16)14(10)18)13(17)8-5-3-2-4-6-8/h7-8,13,18H,2-6,17H2,1H3/t13-/m1/s1. The Labute approximate surface area is 130 Å². The lowest BCUT2D eigenvalue weighted by molar-refractivity contribution is 0.306. The number of methoxy groups -OCH3 is 1. The van der Waals surface area contributed by atoms with Crippen LogP contribution in [-0.2, 0) is 0 Å². The summed E-state index contributed by atoms with van der Waals surface area (Å²) in [6.07, 6.45) is 6.18. The predicted octanol–water partition coefficient (Wildman–Crippen LogP) is 4.51. The highest BCUT2D eigenvalue weighted by molar-refractivity contribution is 9.13. The molecule has 19 heavy (non-hydrogen) atoms. The number of benzene rings is 1. The van der Waals surface area contributed by atoms with Gasteiger partial charge in [0.25, 0.3) is 0 Å². The topological polar surface area (TPSA) is 55.5 Å². The first kappa shape index (κ1) is 15.1. The molecular weight excluding hydrogens is 374 g/mol. The zero-order valence-corrected chi connectivity index (χ0v) is 14.1. The van der Waals surface area contributed by atoms with Gasteiger partial charge in [0.1, 0.15) is 0 Å². The van der Waals surface area contributed by atoms with E-state index in [0.29, 0.717) is 16.1 Å². The lowest BCUT2D eigenvalue weighted by Gasteiger charge is -2.29. The van der Waals surface area contributed by atoms with E-state index in [0.717, 1.165) is 10.0 Å². The fourth-order valence-electron chi connectivity index (χ4n) is 2.76. The van der Waals surface area contributed by atoms with Crippen LogP contribution in [0.1, 0.15) is 43.7 Å². The van der Waals surface area contributed by atoms with Crippen LogP contribution in [0.3, 0.4) is 0 Å². The molecule has 0 aromatic heterocycles. The van der Waals surface area contributed by atoms with Gasteiger partial charge < -0.3 is 15.6 Å². The van der Waals surface area contributed by atoms with Crippen LogP contribution in [-0.4, -0.2) is 12.2 Å². The van der Waals surface area contributed by atoms with Crippen molar-refractivity contribution >= 4 is 31.9 Å². The maximum absolute atomic E-state index is 9.95. The predicted molar refractivity (Wildman–Crippen MR) is 83.6 cm³/mol. The number of phenolic OH excluding ortho intramolecular Hbond substituents is 1. The molecule has 0 aliphatic heterocycles. The summed E-state index contributed by atoms with van der Waals surface area (Å²) in [5.74, 6) is 1.07. The number of hydrogen-bond acceptors (Lipinski definition) is 3. The molecule has 0 radical (unpaired) electrons. The Kier molecular flexibility index (Phi) is 5.15. The summed E-state index contributed by atoms with van der Waals surface area (Å²) in [6, 6.07) is 1.81.